The summed E-state index contributed by atoms with van der Waals surface area (Å²) in [4.78, 5) is 12.0. The average molecular weight is 304 g/mol. The Bertz CT molecular complexity index is 485. The highest BCUT2D eigenvalue weighted by atomic mass is 16.3. The second kappa shape index (κ2) is 7.38. The monoisotopic (exact) mass is 304 g/mol. The van der Waals surface area contributed by atoms with Crippen molar-refractivity contribution in [2.24, 2.45) is 17.8 Å². The number of carbonyl (C=O) groups excluding carboxylic acids is 1. The number of allylic oxidation sites excluding steroid dienone is 3. The molecule has 0 aromatic rings. The molecule has 0 saturated heterocycles. The van der Waals surface area contributed by atoms with Crippen LogP contribution >= 0.6 is 0 Å². The first kappa shape index (κ1) is 17.2. The molecule has 0 heterocycles. The zero-order valence-electron chi connectivity index (χ0n) is 13.7. The molecule has 3 nitrogen and oxygen atoms in total. The number of rotatable bonds is 6. The van der Waals surface area contributed by atoms with Crippen molar-refractivity contribution < 1.29 is 15.0 Å². The van der Waals surface area contributed by atoms with Crippen molar-refractivity contribution in [2.45, 2.75) is 58.2 Å². The fraction of sp³-hybridized carbons (Fsp3) is 0.632. The van der Waals surface area contributed by atoms with E-state index in [-0.39, 0.29) is 23.5 Å². The van der Waals surface area contributed by atoms with Crippen LogP contribution in [0.4, 0.5) is 0 Å². The fourth-order valence-electron chi connectivity index (χ4n) is 3.71. The standard InChI is InChI=1S/C19H28O3/c1-12(2)6-4-5-7-14(20)8-9-15-16-10-13(3)19(22)17(16)11-18(15)21/h6,8-9,14-18,20-21H,3-5,7,10-11H2,1-2H3/b9-8+/t14-,15-,16-,17-,18+/m0/s1. The Labute approximate surface area is 133 Å². The number of aliphatic hydroxyl groups is 2. The molecule has 0 bridgehead atoms. The van der Waals surface area contributed by atoms with Crippen molar-refractivity contribution in [3.63, 3.8) is 0 Å². The first-order valence-electron chi connectivity index (χ1n) is 8.30. The van der Waals surface area contributed by atoms with E-state index in [1.54, 1.807) is 6.08 Å². The molecule has 2 saturated carbocycles. The largest absolute Gasteiger partial charge is 0.392 e. The van der Waals surface area contributed by atoms with Crippen LogP contribution in [-0.2, 0) is 4.79 Å². The Kier molecular flexibility index (Phi) is 5.76. The molecule has 0 spiro atoms. The van der Waals surface area contributed by atoms with E-state index in [0.29, 0.717) is 18.4 Å². The highest BCUT2D eigenvalue weighted by molar-refractivity contribution is 5.99. The molecule has 0 aliphatic heterocycles. The van der Waals surface area contributed by atoms with Gasteiger partial charge in [0.2, 0.25) is 0 Å². The quantitative estimate of drug-likeness (QED) is 0.450. The number of unbranched alkanes of at least 4 members (excludes halogenated alkanes) is 1. The van der Waals surface area contributed by atoms with Crippen molar-refractivity contribution >= 4 is 5.78 Å². The van der Waals surface area contributed by atoms with Crippen LogP contribution in [0.5, 0.6) is 0 Å². The number of Topliss-reactive ketones (excluding diaryl/α,β-unsaturated/α-hetero) is 1. The maximum absolute atomic E-state index is 12.0. The molecule has 2 N–H and O–H groups in total. The van der Waals surface area contributed by atoms with E-state index in [1.807, 2.05) is 6.08 Å². The van der Waals surface area contributed by atoms with Crippen molar-refractivity contribution in [1.29, 1.82) is 0 Å². The number of carbonyl (C=O) groups is 1. The van der Waals surface area contributed by atoms with Gasteiger partial charge in [-0.05, 0) is 57.4 Å². The van der Waals surface area contributed by atoms with E-state index >= 15 is 0 Å². The maximum Gasteiger partial charge on any atom is 0.161 e. The van der Waals surface area contributed by atoms with Gasteiger partial charge in [-0.25, -0.2) is 0 Å². The molecule has 0 amide bonds. The molecule has 0 radical (unpaired) electrons. The summed E-state index contributed by atoms with van der Waals surface area (Å²) < 4.78 is 0. The van der Waals surface area contributed by atoms with E-state index in [1.165, 1.54) is 5.57 Å². The van der Waals surface area contributed by atoms with Crippen LogP contribution < -0.4 is 0 Å². The van der Waals surface area contributed by atoms with Crippen molar-refractivity contribution in [2.75, 3.05) is 0 Å². The van der Waals surface area contributed by atoms with Crippen LogP contribution in [0, 0.1) is 17.8 Å². The highest BCUT2D eigenvalue weighted by Crippen LogP contribution is 2.48. The SMILES string of the molecule is C=C1C[C@H]2[C@H](/C=C/[C@@H](O)CCCC=C(C)C)[C@H](O)C[C@@H]2C1=O. The van der Waals surface area contributed by atoms with Gasteiger partial charge in [-0.2, -0.15) is 0 Å². The predicted molar refractivity (Wildman–Crippen MR) is 88.3 cm³/mol. The second-order valence-electron chi connectivity index (χ2n) is 6.99. The maximum atomic E-state index is 12.0. The van der Waals surface area contributed by atoms with Crippen LogP contribution in [-0.4, -0.2) is 28.2 Å². The normalized spacial score (nSPS) is 32.5. The zero-order chi connectivity index (χ0) is 16.3. The summed E-state index contributed by atoms with van der Waals surface area (Å²) in [6, 6.07) is 0. The Balaban J connectivity index is 1.85. The smallest absolute Gasteiger partial charge is 0.161 e. The van der Waals surface area contributed by atoms with Gasteiger partial charge in [0.1, 0.15) is 0 Å². The summed E-state index contributed by atoms with van der Waals surface area (Å²) in [5.74, 6) is 0.207. The van der Waals surface area contributed by atoms with Gasteiger partial charge in [-0.1, -0.05) is 30.4 Å². The number of ketones is 1. The Hall–Kier alpha value is -1.19. The number of hydrogen-bond donors (Lipinski definition) is 2. The first-order chi connectivity index (χ1) is 10.4. The van der Waals surface area contributed by atoms with Gasteiger partial charge < -0.3 is 10.2 Å². The molecule has 2 fully saturated rings. The summed E-state index contributed by atoms with van der Waals surface area (Å²) in [6.07, 6.45) is 8.83. The van der Waals surface area contributed by atoms with E-state index in [4.69, 9.17) is 0 Å². The van der Waals surface area contributed by atoms with E-state index in [9.17, 15) is 15.0 Å². The summed E-state index contributed by atoms with van der Waals surface area (Å²) in [6.45, 7) is 7.98. The molecule has 3 heteroatoms. The summed E-state index contributed by atoms with van der Waals surface area (Å²) >= 11 is 0. The van der Waals surface area contributed by atoms with E-state index in [0.717, 1.165) is 19.3 Å². The Morgan fingerprint density at radius 3 is 2.86 bits per heavy atom. The van der Waals surface area contributed by atoms with E-state index < -0.39 is 12.2 Å². The van der Waals surface area contributed by atoms with Crippen molar-refractivity contribution in [3.8, 4) is 0 Å². The van der Waals surface area contributed by atoms with Gasteiger partial charge in [0, 0.05) is 11.8 Å². The van der Waals surface area contributed by atoms with Crippen LogP contribution in [0.25, 0.3) is 0 Å². The summed E-state index contributed by atoms with van der Waals surface area (Å²) in [7, 11) is 0. The summed E-state index contributed by atoms with van der Waals surface area (Å²) in [5, 5.41) is 20.2. The molecule has 0 unspecified atom stereocenters. The lowest BCUT2D eigenvalue weighted by Gasteiger charge is -2.17. The van der Waals surface area contributed by atoms with Gasteiger partial charge in [-0.3, -0.25) is 4.79 Å². The number of aliphatic hydroxyl groups excluding tert-OH is 2. The molecule has 2 aliphatic rings. The number of fused-ring (bicyclic) bond motifs is 1. The van der Waals surface area contributed by atoms with Gasteiger partial charge in [-0.15, -0.1) is 0 Å². The predicted octanol–water partition coefficient (Wildman–Crippen LogP) is 3.18. The average Bonchev–Trinajstić information content (AvgIpc) is 2.89. The van der Waals surface area contributed by atoms with Crippen LogP contribution in [0.1, 0.15) is 46.0 Å². The second-order valence-corrected chi connectivity index (χ2v) is 6.99. The third kappa shape index (κ3) is 3.96. The van der Waals surface area contributed by atoms with Gasteiger partial charge in [0.25, 0.3) is 0 Å². The van der Waals surface area contributed by atoms with Crippen molar-refractivity contribution in [1.82, 2.24) is 0 Å². The van der Waals surface area contributed by atoms with Crippen LogP contribution in [0.15, 0.2) is 36.0 Å². The van der Waals surface area contributed by atoms with Gasteiger partial charge in [0.05, 0.1) is 12.2 Å². The highest BCUT2D eigenvalue weighted by Gasteiger charge is 2.49. The minimum atomic E-state index is -0.475. The zero-order valence-corrected chi connectivity index (χ0v) is 13.7. The number of hydrogen-bond acceptors (Lipinski definition) is 3. The molecule has 122 valence electrons. The third-order valence-electron chi connectivity index (χ3n) is 4.93. The molecule has 22 heavy (non-hydrogen) atoms. The molecule has 2 rings (SSSR count). The molecular weight excluding hydrogens is 276 g/mol. The van der Waals surface area contributed by atoms with Crippen LogP contribution in [0.2, 0.25) is 0 Å². The first-order valence-corrected chi connectivity index (χ1v) is 8.30. The molecule has 0 aromatic carbocycles. The van der Waals surface area contributed by atoms with E-state index in [2.05, 4.69) is 26.5 Å². The van der Waals surface area contributed by atoms with Crippen molar-refractivity contribution in [3.05, 3.63) is 36.0 Å². The van der Waals surface area contributed by atoms with Gasteiger partial charge >= 0.3 is 0 Å². The molecule has 5 atom stereocenters. The lowest BCUT2D eigenvalue weighted by atomic mass is 9.90. The Morgan fingerprint density at radius 1 is 1.45 bits per heavy atom. The summed E-state index contributed by atoms with van der Waals surface area (Å²) in [5.41, 5.74) is 2.00. The minimum absolute atomic E-state index is 0.0272. The Morgan fingerprint density at radius 2 is 2.18 bits per heavy atom. The van der Waals surface area contributed by atoms with Gasteiger partial charge in [0.15, 0.2) is 5.78 Å². The topological polar surface area (TPSA) is 57.5 Å². The lowest BCUT2D eigenvalue weighted by Crippen LogP contribution is -2.17. The minimum Gasteiger partial charge on any atom is -0.392 e. The third-order valence-corrected chi connectivity index (χ3v) is 4.93. The molecular formula is C19H28O3. The molecule has 2 aliphatic carbocycles. The van der Waals surface area contributed by atoms with Crippen LogP contribution in [0.3, 0.4) is 0 Å². The fourth-order valence-corrected chi connectivity index (χ4v) is 3.71. The molecule has 0 aromatic heterocycles. The lowest BCUT2D eigenvalue weighted by molar-refractivity contribution is -0.118.